The molecule has 2 unspecified atom stereocenters. The Labute approximate surface area is 99.0 Å². The van der Waals surface area contributed by atoms with Crippen LogP contribution in [0.3, 0.4) is 0 Å². The van der Waals surface area contributed by atoms with Crippen molar-refractivity contribution in [3.8, 4) is 0 Å². The van der Waals surface area contributed by atoms with Crippen molar-refractivity contribution in [2.24, 2.45) is 0 Å². The molecule has 16 heavy (non-hydrogen) atoms. The standard InChI is InChI=1S/C12H25N3O/c1-9(2)13-6-12(16)15-7-10(3)14(5)11(4)8-15/h9-11,13H,6-8H2,1-5H3. The van der Waals surface area contributed by atoms with Crippen molar-refractivity contribution in [2.75, 3.05) is 26.7 Å². The number of rotatable bonds is 3. The number of amides is 1. The second-order valence-electron chi connectivity index (χ2n) is 5.20. The summed E-state index contributed by atoms with van der Waals surface area (Å²) in [6, 6.07) is 1.27. The first-order valence-corrected chi connectivity index (χ1v) is 6.15. The van der Waals surface area contributed by atoms with Gasteiger partial charge in [-0.25, -0.2) is 0 Å². The number of carbonyl (C=O) groups excluding carboxylic acids is 1. The molecule has 0 aromatic carbocycles. The molecule has 0 saturated carbocycles. The third kappa shape index (κ3) is 3.46. The van der Waals surface area contributed by atoms with Crippen LogP contribution in [0.2, 0.25) is 0 Å². The van der Waals surface area contributed by atoms with E-state index in [1.54, 1.807) is 0 Å². The number of nitrogens with zero attached hydrogens (tertiary/aromatic N) is 2. The number of nitrogens with one attached hydrogen (secondary N) is 1. The predicted molar refractivity (Wildman–Crippen MR) is 66.4 cm³/mol. The lowest BCUT2D eigenvalue weighted by Crippen LogP contribution is -2.57. The van der Waals surface area contributed by atoms with Gasteiger partial charge in [-0.1, -0.05) is 13.8 Å². The zero-order chi connectivity index (χ0) is 12.3. The highest BCUT2D eigenvalue weighted by atomic mass is 16.2. The van der Waals surface area contributed by atoms with Gasteiger partial charge in [-0.05, 0) is 20.9 Å². The second kappa shape index (κ2) is 5.64. The van der Waals surface area contributed by atoms with E-state index in [2.05, 4.69) is 45.0 Å². The summed E-state index contributed by atoms with van der Waals surface area (Å²) in [5.41, 5.74) is 0. The van der Waals surface area contributed by atoms with E-state index in [1.165, 1.54) is 0 Å². The molecular formula is C12H25N3O. The van der Waals surface area contributed by atoms with E-state index in [9.17, 15) is 4.79 Å². The summed E-state index contributed by atoms with van der Waals surface area (Å²) in [6.07, 6.45) is 0. The minimum absolute atomic E-state index is 0.223. The van der Waals surface area contributed by atoms with Crippen molar-refractivity contribution in [3.63, 3.8) is 0 Å². The van der Waals surface area contributed by atoms with Crippen LogP contribution in [0, 0.1) is 0 Å². The molecule has 0 aromatic rings. The topological polar surface area (TPSA) is 35.6 Å². The van der Waals surface area contributed by atoms with Crippen LogP contribution in [-0.2, 0) is 4.79 Å². The molecule has 1 aliphatic rings. The molecule has 1 amide bonds. The maximum Gasteiger partial charge on any atom is 0.236 e. The fraction of sp³-hybridized carbons (Fsp3) is 0.917. The molecule has 1 fully saturated rings. The average Bonchev–Trinajstić information content (AvgIpc) is 2.21. The molecule has 2 atom stereocenters. The van der Waals surface area contributed by atoms with Crippen LogP contribution in [0.15, 0.2) is 0 Å². The number of likely N-dealkylation sites (N-methyl/N-ethyl adjacent to an activating group) is 1. The summed E-state index contributed by atoms with van der Waals surface area (Å²) in [7, 11) is 2.13. The summed E-state index contributed by atoms with van der Waals surface area (Å²) in [5, 5.41) is 3.18. The maximum atomic E-state index is 11.9. The number of hydrogen-bond acceptors (Lipinski definition) is 3. The van der Waals surface area contributed by atoms with E-state index in [-0.39, 0.29) is 5.91 Å². The molecule has 0 bridgehead atoms. The van der Waals surface area contributed by atoms with Gasteiger partial charge in [0.05, 0.1) is 6.54 Å². The van der Waals surface area contributed by atoms with Crippen LogP contribution in [0.4, 0.5) is 0 Å². The largest absolute Gasteiger partial charge is 0.338 e. The SMILES string of the molecule is CC(C)NCC(=O)N1CC(C)N(C)C(C)C1. The fourth-order valence-corrected chi connectivity index (χ4v) is 2.01. The molecule has 1 aliphatic heterocycles. The normalized spacial score (nSPS) is 27.5. The molecule has 0 radical (unpaired) electrons. The lowest BCUT2D eigenvalue weighted by Gasteiger charge is -2.42. The van der Waals surface area contributed by atoms with Gasteiger partial charge in [-0.3, -0.25) is 9.69 Å². The predicted octanol–water partition coefficient (Wildman–Crippen LogP) is 0.535. The van der Waals surface area contributed by atoms with Gasteiger partial charge >= 0.3 is 0 Å². The quantitative estimate of drug-likeness (QED) is 0.764. The molecule has 1 heterocycles. The van der Waals surface area contributed by atoms with Crippen LogP contribution in [0.25, 0.3) is 0 Å². The van der Waals surface area contributed by atoms with Crippen LogP contribution in [0.5, 0.6) is 0 Å². The molecule has 4 nitrogen and oxygen atoms in total. The Hall–Kier alpha value is -0.610. The van der Waals surface area contributed by atoms with Crippen LogP contribution in [-0.4, -0.2) is 60.5 Å². The van der Waals surface area contributed by atoms with Crippen molar-refractivity contribution in [2.45, 2.75) is 45.8 Å². The Morgan fingerprint density at radius 3 is 2.25 bits per heavy atom. The van der Waals surface area contributed by atoms with E-state index in [0.717, 1.165) is 13.1 Å². The van der Waals surface area contributed by atoms with Crippen molar-refractivity contribution < 1.29 is 4.79 Å². The molecule has 94 valence electrons. The summed E-state index contributed by atoms with van der Waals surface area (Å²) in [6.45, 7) is 10.6. The highest BCUT2D eigenvalue weighted by Gasteiger charge is 2.28. The second-order valence-corrected chi connectivity index (χ2v) is 5.20. The fourth-order valence-electron chi connectivity index (χ4n) is 2.01. The van der Waals surface area contributed by atoms with E-state index in [4.69, 9.17) is 0 Å². The monoisotopic (exact) mass is 227 g/mol. The Balaban J connectivity index is 2.45. The third-order valence-electron chi connectivity index (χ3n) is 3.37. The Morgan fingerprint density at radius 2 is 1.81 bits per heavy atom. The van der Waals surface area contributed by atoms with Crippen molar-refractivity contribution >= 4 is 5.91 Å². The lowest BCUT2D eigenvalue weighted by atomic mass is 10.1. The summed E-state index contributed by atoms with van der Waals surface area (Å²) in [4.78, 5) is 16.3. The Morgan fingerprint density at radius 1 is 1.31 bits per heavy atom. The molecule has 1 saturated heterocycles. The first-order chi connectivity index (χ1) is 7.41. The zero-order valence-electron chi connectivity index (χ0n) is 11.2. The lowest BCUT2D eigenvalue weighted by molar-refractivity contribution is -0.134. The minimum Gasteiger partial charge on any atom is -0.338 e. The molecule has 1 rings (SSSR count). The van der Waals surface area contributed by atoms with E-state index >= 15 is 0 Å². The summed E-state index contributed by atoms with van der Waals surface area (Å²) < 4.78 is 0. The summed E-state index contributed by atoms with van der Waals surface area (Å²) >= 11 is 0. The molecule has 0 aliphatic carbocycles. The number of piperazine rings is 1. The van der Waals surface area contributed by atoms with Gasteiger partial charge in [-0.2, -0.15) is 0 Å². The highest BCUT2D eigenvalue weighted by molar-refractivity contribution is 5.78. The first-order valence-electron chi connectivity index (χ1n) is 6.15. The molecular weight excluding hydrogens is 202 g/mol. The Kier molecular flexibility index (Phi) is 4.74. The van der Waals surface area contributed by atoms with Crippen molar-refractivity contribution in [3.05, 3.63) is 0 Å². The van der Waals surface area contributed by atoms with Gasteiger partial charge in [0.2, 0.25) is 5.91 Å². The van der Waals surface area contributed by atoms with E-state index in [1.807, 2.05) is 4.90 Å². The maximum absolute atomic E-state index is 11.9. The molecule has 0 spiro atoms. The van der Waals surface area contributed by atoms with Crippen molar-refractivity contribution in [1.29, 1.82) is 0 Å². The average molecular weight is 227 g/mol. The van der Waals surface area contributed by atoms with Gasteiger partial charge in [0, 0.05) is 31.2 Å². The highest BCUT2D eigenvalue weighted by Crippen LogP contribution is 2.12. The smallest absolute Gasteiger partial charge is 0.236 e. The number of hydrogen-bond donors (Lipinski definition) is 1. The van der Waals surface area contributed by atoms with Gasteiger partial charge < -0.3 is 10.2 Å². The van der Waals surface area contributed by atoms with Crippen LogP contribution in [0.1, 0.15) is 27.7 Å². The van der Waals surface area contributed by atoms with Crippen molar-refractivity contribution in [1.82, 2.24) is 15.1 Å². The zero-order valence-corrected chi connectivity index (χ0v) is 11.2. The van der Waals surface area contributed by atoms with Gasteiger partial charge in [-0.15, -0.1) is 0 Å². The van der Waals surface area contributed by atoms with Gasteiger partial charge in [0.15, 0.2) is 0 Å². The van der Waals surface area contributed by atoms with E-state index in [0.29, 0.717) is 24.7 Å². The minimum atomic E-state index is 0.223. The Bertz CT molecular complexity index is 230. The molecule has 0 aromatic heterocycles. The van der Waals surface area contributed by atoms with Crippen LogP contribution < -0.4 is 5.32 Å². The van der Waals surface area contributed by atoms with E-state index < -0.39 is 0 Å². The first kappa shape index (κ1) is 13.5. The summed E-state index contributed by atoms with van der Waals surface area (Å²) in [5.74, 6) is 0.223. The number of carbonyl (C=O) groups is 1. The van der Waals surface area contributed by atoms with Gasteiger partial charge in [0.1, 0.15) is 0 Å². The molecule has 4 heteroatoms. The van der Waals surface area contributed by atoms with Crippen LogP contribution >= 0.6 is 0 Å². The van der Waals surface area contributed by atoms with Gasteiger partial charge in [0.25, 0.3) is 0 Å². The molecule has 1 N–H and O–H groups in total. The third-order valence-corrected chi connectivity index (χ3v) is 3.37.